The summed E-state index contributed by atoms with van der Waals surface area (Å²) in [5.74, 6) is -1.89. The molecule has 4 amide bonds. The molecule has 2 aromatic rings. The summed E-state index contributed by atoms with van der Waals surface area (Å²) in [6.07, 6.45) is 6.16. The number of rotatable bonds is 12. The minimum Gasteiger partial charge on any atom is -0.344 e. The first-order chi connectivity index (χ1) is 22.5. The normalized spacial score (nSPS) is 22.2. The van der Waals surface area contributed by atoms with Crippen molar-refractivity contribution in [2.24, 2.45) is 17.8 Å². The number of carbonyl (C=O) groups is 4. The number of halogens is 1. The molecule has 0 spiro atoms. The van der Waals surface area contributed by atoms with Gasteiger partial charge in [0.15, 0.2) is 5.69 Å². The highest BCUT2D eigenvalue weighted by Crippen LogP contribution is 2.33. The van der Waals surface area contributed by atoms with Crippen LogP contribution < -0.4 is 16.0 Å². The number of anilines is 1. The van der Waals surface area contributed by atoms with Gasteiger partial charge >= 0.3 is 0 Å². The summed E-state index contributed by atoms with van der Waals surface area (Å²) in [6, 6.07) is 2.69. The quantitative estimate of drug-likeness (QED) is 0.315. The third-order valence-electron chi connectivity index (χ3n) is 10.1. The molecule has 2 aliphatic carbocycles. The topological polar surface area (TPSA) is 150 Å². The zero-order valence-corrected chi connectivity index (χ0v) is 27.9. The minimum absolute atomic E-state index is 0.0314. The molecule has 1 aromatic heterocycles. The Morgan fingerprint density at radius 1 is 1.00 bits per heavy atom. The monoisotopic (exact) mass is 653 g/mol. The molecule has 256 valence electrons. The van der Waals surface area contributed by atoms with Crippen molar-refractivity contribution in [3.8, 4) is 0 Å². The van der Waals surface area contributed by atoms with E-state index in [2.05, 4.69) is 38.1 Å². The molecule has 3 aliphatic rings. The second kappa shape index (κ2) is 15.4. The number of benzene rings is 1. The van der Waals surface area contributed by atoms with Crippen LogP contribution in [0.25, 0.3) is 0 Å². The van der Waals surface area contributed by atoms with Gasteiger partial charge in [0.05, 0.1) is 5.69 Å². The second-order valence-electron chi connectivity index (χ2n) is 13.7. The van der Waals surface area contributed by atoms with E-state index in [0.717, 1.165) is 51.6 Å². The lowest BCUT2D eigenvalue weighted by Crippen LogP contribution is -2.55. The molecule has 12 nitrogen and oxygen atoms in total. The number of amides is 4. The highest BCUT2D eigenvalue weighted by atomic mass is 19.1. The predicted molar refractivity (Wildman–Crippen MR) is 173 cm³/mol. The van der Waals surface area contributed by atoms with Crippen molar-refractivity contribution in [3.63, 3.8) is 0 Å². The largest absolute Gasteiger partial charge is 0.344 e. The average molecular weight is 654 g/mol. The average Bonchev–Trinajstić information content (AvgIpc) is 3.74. The molecule has 3 fully saturated rings. The first-order valence-electron chi connectivity index (χ1n) is 17.0. The molecule has 47 heavy (non-hydrogen) atoms. The summed E-state index contributed by atoms with van der Waals surface area (Å²) >= 11 is 0. The molecule has 0 bridgehead atoms. The van der Waals surface area contributed by atoms with Gasteiger partial charge in [0.2, 0.25) is 17.7 Å². The number of hydrogen-bond donors (Lipinski definition) is 3. The van der Waals surface area contributed by atoms with Gasteiger partial charge in [-0.1, -0.05) is 44.8 Å². The molecule has 2 heterocycles. The predicted octanol–water partition coefficient (Wildman–Crippen LogP) is 3.50. The van der Waals surface area contributed by atoms with Crippen molar-refractivity contribution in [2.75, 3.05) is 38.5 Å². The molecule has 0 radical (unpaired) electrons. The maximum atomic E-state index is 15.7. The van der Waals surface area contributed by atoms with Gasteiger partial charge in [-0.2, -0.15) is 0 Å². The lowest BCUT2D eigenvalue weighted by atomic mass is 9.79. The van der Waals surface area contributed by atoms with Gasteiger partial charge in [0.1, 0.15) is 23.6 Å². The second-order valence-corrected chi connectivity index (χ2v) is 13.7. The zero-order chi connectivity index (χ0) is 33.7. The standard InChI is InChI=1S/C34H48FN7O5/c1-5-26-31(40-47-39-26)33(45)38-30(23-10-6-20(2)7-11-23)32(44)36-27-13-12-24(19-25(27)35)21(3)29(37-28(43)18-22-8-9-22)34(46)42-16-14-41(4)15-17-42/h12-13,19-23,29-30H,5-11,14-18H2,1-4H3,(H,36,44)(H,37,43)(H,38,45)/t20-,21-,23-,29+,30-/m0/s1. The van der Waals surface area contributed by atoms with Crippen LogP contribution in [0.2, 0.25) is 0 Å². The van der Waals surface area contributed by atoms with Crippen molar-refractivity contribution >= 4 is 29.3 Å². The van der Waals surface area contributed by atoms with E-state index in [1.807, 2.05) is 20.9 Å². The van der Waals surface area contributed by atoms with Gasteiger partial charge < -0.3 is 25.8 Å². The van der Waals surface area contributed by atoms with E-state index in [-0.39, 0.29) is 29.1 Å². The number of carbonyl (C=O) groups excluding carboxylic acids is 4. The fraction of sp³-hybridized carbons (Fsp3) is 0.647. The van der Waals surface area contributed by atoms with E-state index >= 15 is 4.39 Å². The molecule has 1 aromatic carbocycles. The maximum absolute atomic E-state index is 15.7. The maximum Gasteiger partial charge on any atom is 0.276 e. The fourth-order valence-electron chi connectivity index (χ4n) is 6.60. The molecule has 0 unspecified atom stereocenters. The zero-order valence-electron chi connectivity index (χ0n) is 27.9. The Labute approximate surface area is 275 Å². The van der Waals surface area contributed by atoms with Crippen LogP contribution in [-0.4, -0.2) is 89.1 Å². The third kappa shape index (κ3) is 8.74. The molecular formula is C34H48FN7O5. The fourth-order valence-corrected chi connectivity index (χ4v) is 6.60. The molecular weight excluding hydrogens is 605 g/mol. The van der Waals surface area contributed by atoms with Crippen molar-refractivity contribution in [3.05, 3.63) is 41.0 Å². The molecule has 5 rings (SSSR count). The Hall–Kier alpha value is -3.87. The first-order valence-corrected chi connectivity index (χ1v) is 17.0. The van der Waals surface area contributed by atoms with Crippen LogP contribution in [0.1, 0.15) is 93.4 Å². The number of hydrogen-bond acceptors (Lipinski definition) is 8. The van der Waals surface area contributed by atoms with Crippen LogP contribution in [0.15, 0.2) is 22.8 Å². The Morgan fingerprint density at radius 2 is 1.70 bits per heavy atom. The molecule has 1 saturated heterocycles. The van der Waals surface area contributed by atoms with E-state index in [1.165, 1.54) is 12.1 Å². The van der Waals surface area contributed by atoms with E-state index in [0.29, 0.717) is 49.0 Å². The number of aryl methyl sites for hydroxylation is 1. The first kappa shape index (κ1) is 34.5. The van der Waals surface area contributed by atoms with E-state index in [1.54, 1.807) is 11.0 Å². The van der Waals surface area contributed by atoms with Crippen LogP contribution in [0.5, 0.6) is 0 Å². The van der Waals surface area contributed by atoms with Crippen LogP contribution >= 0.6 is 0 Å². The van der Waals surface area contributed by atoms with E-state index in [4.69, 9.17) is 4.63 Å². The van der Waals surface area contributed by atoms with Gasteiger partial charge in [0.25, 0.3) is 5.91 Å². The lowest BCUT2D eigenvalue weighted by molar-refractivity contribution is -0.138. The van der Waals surface area contributed by atoms with Crippen LogP contribution in [-0.2, 0) is 20.8 Å². The van der Waals surface area contributed by atoms with Crippen LogP contribution in [0.4, 0.5) is 10.1 Å². The van der Waals surface area contributed by atoms with Gasteiger partial charge in [-0.3, -0.25) is 19.2 Å². The van der Waals surface area contributed by atoms with Crippen molar-refractivity contribution in [1.82, 2.24) is 30.7 Å². The Kier molecular flexibility index (Phi) is 11.3. The summed E-state index contributed by atoms with van der Waals surface area (Å²) in [6.45, 7) is 8.38. The third-order valence-corrected chi connectivity index (χ3v) is 10.1. The number of likely N-dealkylation sites (N-methyl/N-ethyl adjacent to an activating group) is 1. The summed E-state index contributed by atoms with van der Waals surface area (Å²) in [7, 11) is 2.00. The molecule has 3 atom stereocenters. The van der Waals surface area contributed by atoms with Crippen molar-refractivity contribution in [1.29, 1.82) is 0 Å². The van der Waals surface area contributed by atoms with Crippen molar-refractivity contribution < 1.29 is 28.2 Å². The highest BCUT2D eigenvalue weighted by molar-refractivity contribution is 6.01. The minimum atomic E-state index is -0.915. The van der Waals surface area contributed by atoms with Crippen molar-refractivity contribution in [2.45, 2.75) is 90.1 Å². The Bertz CT molecular complexity index is 1430. The molecule has 3 N–H and O–H groups in total. The van der Waals surface area contributed by atoms with Gasteiger partial charge in [-0.05, 0) is 79.8 Å². The van der Waals surface area contributed by atoms with Crippen LogP contribution in [0.3, 0.4) is 0 Å². The summed E-state index contributed by atoms with van der Waals surface area (Å²) in [5.41, 5.74) is 0.912. The number of piperazine rings is 1. The van der Waals surface area contributed by atoms with Gasteiger partial charge in [-0.15, -0.1) is 0 Å². The molecule has 13 heteroatoms. The Morgan fingerprint density at radius 3 is 2.34 bits per heavy atom. The Balaban J connectivity index is 1.31. The van der Waals surface area contributed by atoms with E-state index in [9.17, 15) is 19.2 Å². The summed E-state index contributed by atoms with van der Waals surface area (Å²) in [5, 5.41) is 16.0. The SMILES string of the molecule is CCc1nonc1C(=O)N[C@H](C(=O)Nc1ccc([C@H](C)[C@@H](NC(=O)CC2CC2)C(=O)N2CCN(C)CC2)cc1F)[C@H]1CC[C@H](C)CC1. The molecule has 2 saturated carbocycles. The molecule has 1 aliphatic heterocycles. The van der Waals surface area contributed by atoms with Crippen LogP contribution in [0, 0.1) is 23.6 Å². The number of aromatic nitrogens is 2. The number of nitrogens with one attached hydrogen (secondary N) is 3. The number of nitrogens with zero attached hydrogens (tertiary/aromatic N) is 4. The lowest BCUT2D eigenvalue weighted by Gasteiger charge is -2.36. The summed E-state index contributed by atoms with van der Waals surface area (Å²) < 4.78 is 20.4. The summed E-state index contributed by atoms with van der Waals surface area (Å²) in [4.78, 5) is 57.3. The highest BCUT2D eigenvalue weighted by Gasteiger charge is 2.36. The van der Waals surface area contributed by atoms with Gasteiger partial charge in [0, 0.05) is 38.5 Å². The van der Waals surface area contributed by atoms with Gasteiger partial charge in [-0.25, -0.2) is 9.02 Å². The smallest absolute Gasteiger partial charge is 0.276 e. The van der Waals surface area contributed by atoms with E-state index < -0.39 is 35.6 Å².